The van der Waals surface area contributed by atoms with Crippen molar-refractivity contribution >= 4 is 15.7 Å². The predicted molar refractivity (Wildman–Crippen MR) is 93.8 cm³/mol. The number of halogens is 1. The van der Waals surface area contributed by atoms with E-state index in [4.69, 9.17) is 4.74 Å². The SMILES string of the molecule is CN(CCCOc1ccccc1F)C(=O)CN(C)[C@@H]1CCS(=O)(=O)C1. The molecule has 8 heteroatoms. The summed E-state index contributed by atoms with van der Waals surface area (Å²) in [6.45, 7) is 0.990. The van der Waals surface area contributed by atoms with Gasteiger partial charge in [0, 0.05) is 19.6 Å². The highest BCUT2D eigenvalue weighted by molar-refractivity contribution is 7.91. The van der Waals surface area contributed by atoms with Crippen molar-refractivity contribution in [1.82, 2.24) is 9.80 Å². The van der Waals surface area contributed by atoms with Crippen LogP contribution in [0.3, 0.4) is 0 Å². The van der Waals surface area contributed by atoms with Gasteiger partial charge in [-0.2, -0.15) is 0 Å². The average Bonchev–Trinajstić information content (AvgIpc) is 2.93. The third-order valence-corrected chi connectivity index (χ3v) is 6.12. The number of nitrogens with zero attached hydrogens (tertiary/aromatic N) is 2. The monoisotopic (exact) mass is 372 g/mol. The normalized spacial score (nSPS) is 19.1. The first kappa shape index (κ1) is 19.7. The lowest BCUT2D eigenvalue weighted by atomic mass is 10.2. The van der Waals surface area contributed by atoms with Gasteiger partial charge in [0.2, 0.25) is 5.91 Å². The van der Waals surface area contributed by atoms with E-state index in [1.807, 2.05) is 0 Å². The van der Waals surface area contributed by atoms with Crippen LogP contribution in [0, 0.1) is 5.82 Å². The molecule has 0 aliphatic carbocycles. The second-order valence-corrected chi connectivity index (χ2v) is 8.65. The van der Waals surface area contributed by atoms with Gasteiger partial charge in [0.15, 0.2) is 21.4 Å². The van der Waals surface area contributed by atoms with Crippen molar-refractivity contribution in [2.45, 2.75) is 18.9 Å². The molecule has 6 nitrogen and oxygen atoms in total. The van der Waals surface area contributed by atoms with Crippen molar-refractivity contribution in [2.24, 2.45) is 0 Å². The Morgan fingerprint density at radius 1 is 1.32 bits per heavy atom. The number of hydrogen-bond donors (Lipinski definition) is 0. The molecular weight excluding hydrogens is 347 g/mol. The minimum Gasteiger partial charge on any atom is -0.490 e. The lowest BCUT2D eigenvalue weighted by molar-refractivity contribution is -0.131. The Morgan fingerprint density at radius 3 is 2.68 bits per heavy atom. The molecule has 140 valence electrons. The maximum absolute atomic E-state index is 13.4. The highest BCUT2D eigenvalue weighted by Gasteiger charge is 2.31. The number of carbonyl (C=O) groups excluding carboxylic acids is 1. The molecule has 0 unspecified atom stereocenters. The minimum absolute atomic E-state index is 0.0716. The number of carbonyl (C=O) groups is 1. The van der Waals surface area contributed by atoms with Crippen LogP contribution in [0.5, 0.6) is 5.75 Å². The third-order valence-electron chi connectivity index (χ3n) is 4.37. The molecule has 1 aromatic rings. The maximum atomic E-state index is 13.4. The molecule has 2 rings (SSSR count). The Balaban J connectivity index is 1.69. The average molecular weight is 372 g/mol. The van der Waals surface area contributed by atoms with Crippen LogP contribution in [0.2, 0.25) is 0 Å². The van der Waals surface area contributed by atoms with Crippen LogP contribution in [0.15, 0.2) is 24.3 Å². The van der Waals surface area contributed by atoms with Gasteiger partial charge in [-0.1, -0.05) is 12.1 Å². The van der Waals surface area contributed by atoms with Gasteiger partial charge >= 0.3 is 0 Å². The summed E-state index contributed by atoms with van der Waals surface area (Å²) in [7, 11) is 0.518. The summed E-state index contributed by atoms with van der Waals surface area (Å²) < 4.78 is 41.8. The molecule has 25 heavy (non-hydrogen) atoms. The molecule has 1 aliphatic heterocycles. The zero-order chi connectivity index (χ0) is 18.4. The second kappa shape index (κ2) is 8.62. The zero-order valence-corrected chi connectivity index (χ0v) is 15.5. The molecule has 1 fully saturated rings. The van der Waals surface area contributed by atoms with Gasteiger partial charge in [-0.25, -0.2) is 12.8 Å². The molecule has 1 aliphatic rings. The van der Waals surface area contributed by atoms with Crippen LogP contribution in [0.1, 0.15) is 12.8 Å². The van der Waals surface area contributed by atoms with Crippen molar-refractivity contribution in [2.75, 3.05) is 45.3 Å². The summed E-state index contributed by atoms with van der Waals surface area (Å²) in [5.74, 6) is 0.0487. The molecule has 0 radical (unpaired) electrons. The molecule has 1 amide bonds. The maximum Gasteiger partial charge on any atom is 0.236 e. The van der Waals surface area contributed by atoms with Gasteiger partial charge < -0.3 is 9.64 Å². The summed E-state index contributed by atoms with van der Waals surface area (Å²) in [5.41, 5.74) is 0. The topological polar surface area (TPSA) is 66.9 Å². The second-order valence-electron chi connectivity index (χ2n) is 6.42. The largest absolute Gasteiger partial charge is 0.490 e. The quantitative estimate of drug-likeness (QED) is 0.641. The molecule has 0 spiro atoms. The van der Waals surface area contributed by atoms with Crippen LogP contribution in [-0.4, -0.2) is 75.5 Å². The summed E-state index contributed by atoms with van der Waals surface area (Å²) in [6.07, 6.45) is 1.16. The fourth-order valence-electron chi connectivity index (χ4n) is 2.76. The van der Waals surface area contributed by atoms with E-state index in [1.165, 1.54) is 6.07 Å². The molecule has 1 heterocycles. The van der Waals surface area contributed by atoms with Gasteiger partial charge in [0.25, 0.3) is 0 Å². The van der Waals surface area contributed by atoms with E-state index >= 15 is 0 Å². The first-order valence-corrected chi connectivity index (χ1v) is 10.1. The highest BCUT2D eigenvalue weighted by atomic mass is 32.2. The van der Waals surface area contributed by atoms with Crippen molar-refractivity contribution < 1.29 is 22.3 Å². The Hall–Kier alpha value is -1.67. The van der Waals surface area contributed by atoms with Gasteiger partial charge in [0.1, 0.15) is 0 Å². The number of benzene rings is 1. The first-order valence-electron chi connectivity index (χ1n) is 8.30. The number of sulfone groups is 1. The van der Waals surface area contributed by atoms with Crippen LogP contribution in [0.4, 0.5) is 4.39 Å². The number of para-hydroxylation sites is 1. The number of ether oxygens (including phenoxy) is 1. The van der Waals surface area contributed by atoms with E-state index in [1.54, 1.807) is 42.1 Å². The summed E-state index contributed by atoms with van der Waals surface area (Å²) >= 11 is 0. The lowest BCUT2D eigenvalue weighted by Crippen LogP contribution is -2.42. The van der Waals surface area contributed by atoms with Gasteiger partial charge in [-0.3, -0.25) is 9.69 Å². The van der Waals surface area contributed by atoms with E-state index in [-0.39, 0.29) is 35.7 Å². The van der Waals surface area contributed by atoms with Crippen molar-refractivity contribution in [3.8, 4) is 5.75 Å². The molecule has 0 saturated carbocycles. The van der Waals surface area contributed by atoms with Crippen LogP contribution in [-0.2, 0) is 14.6 Å². The Labute approximate surface area is 148 Å². The molecule has 0 aromatic heterocycles. The van der Waals surface area contributed by atoms with Crippen molar-refractivity contribution in [3.63, 3.8) is 0 Å². The van der Waals surface area contributed by atoms with Gasteiger partial charge in [0.05, 0.1) is 24.7 Å². The molecule has 0 N–H and O–H groups in total. The summed E-state index contributed by atoms with van der Waals surface area (Å²) in [4.78, 5) is 15.6. The smallest absolute Gasteiger partial charge is 0.236 e. The predicted octanol–water partition coefficient (Wildman–Crippen LogP) is 1.17. The first-order chi connectivity index (χ1) is 11.8. The lowest BCUT2D eigenvalue weighted by Gasteiger charge is -2.25. The van der Waals surface area contributed by atoms with E-state index in [2.05, 4.69) is 0 Å². The van der Waals surface area contributed by atoms with E-state index < -0.39 is 15.7 Å². The van der Waals surface area contributed by atoms with Gasteiger partial charge in [-0.05, 0) is 32.0 Å². The fourth-order valence-corrected chi connectivity index (χ4v) is 4.56. The number of likely N-dealkylation sites (N-methyl/N-ethyl adjacent to an activating group) is 2. The standard InChI is InChI=1S/C17H25FN2O4S/c1-19(9-5-10-24-16-7-4-3-6-15(16)18)17(21)12-20(2)14-8-11-25(22,23)13-14/h3-4,6-7,14H,5,8-13H2,1-2H3/t14-/m1/s1. The Bertz CT molecular complexity index is 696. The van der Waals surface area contributed by atoms with Crippen molar-refractivity contribution in [3.05, 3.63) is 30.1 Å². The van der Waals surface area contributed by atoms with E-state index in [0.717, 1.165) is 0 Å². The molecule has 1 saturated heterocycles. The van der Waals surface area contributed by atoms with E-state index in [9.17, 15) is 17.6 Å². The molecular formula is C17H25FN2O4S. The number of amides is 1. The minimum atomic E-state index is -2.96. The Kier molecular flexibility index (Phi) is 6.78. The van der Waals surface area contributed by atoms with Crippen LogP contribution >= 0.6 is 0 Å². The van der Waals surface area contributed by atoms with Crippen LogP contribution < -0.4 is 4.74 Å². The zero-order valence-electron chi connectivity index (χ0n) is 14.7. The number of rotatable bonds is 8. The van der Waals surface area contributed by atoms with Crippen LogP contribution in [0.25, 0.3) is 0 Å². The summed E-state index contributed by atoms with van der Waals surface area (Å²) in [6, 6.07) is 6.11. The molecule has 1 atom stereocenters. The highest BCUT2D eigenvalue weighted by Crippen LogP contribution is 2.17. The van der Waals surface area contributed by atoms with Gasteiger partial charge in [-0.15, -0.1) is 0 Å². The summed E-state index contributed by atoms with van der Waals surface area (Å²) in [5, 5.41) is 0. The fraction of sp³-hybridized carbons (Fsp3) is 0.588. The molecule has 1 aromatic carbocycles. The number of hydrogen-bond acceptors (Lipinski definition) is 5. The third kappa shape index (κ3) is 5.97. The Morgan fingerprint density at radius 2 is 2.04 bits per heavy atom. The van der Waals surface area contributed by atoms with Crippen molar-refractivity contribution in [1.29, 1.82) is 0 Å². The van der Waals surface area contributed by atoms with E-state index in [0.29, 0.717) is 26.0 Å². The molecule has 0 bridgehead atoms.